The molecule has 0 spiro atoms. The van der Waals surface area contributed by atoms with Crippen LogP contribution >= 0.6 is 0 Å². The van der Waals surface area contributed by atoms with E-state index in [2.05, 4.69) is 4.74 Å². The van der Waals surface area contributed by atoms with E-state index in [1.165, 1.54) is 7.11 Å². The van der Waals surface area contributed by atoms with Crippen molar-refractivity contribution in [2.75, 3.05) is 7.11 Å². The normalized spacial score (nSPS) is 10.4. The molecule has 0 saturated heterocycles. The first-order valence-electron chi connectivity index (χ1n) is 8.88. The summed E-state index contributed by atoms with van der Waals surface area (Å²) in [7, 11) is 1.31. The van der Waals surface area contributed by atoms with Crippen molar-refractivity contribution in [2.45, 2.75) is 46.3 Å². The first-order chi connectivity index (χ1) is 12.8. The van der Waals surface area contributed by atoms with Crippen LogP contribution in [-0.4, -0.2) is 19.2 Å². The molecule has 0 aliphatic rings. The summed E-state index contributed by atoms with van der Waals surface area (Å²) in [5, 5.41) is 0. The average molecular weight is 499 g/mol. The second-order valence-corrected chi connectivity index (χ2v) is 6.80. The van der Waals surface area contributed by atoms with E-state index in [0.29, 0.717) is 11.3 Å². The molecule has 1 heterocycles. The maximum atomic E-state index is 12.3. The van der Waals surface area contributed by atoms with Gasteiger partial charge in [0.05, 0.1) is 7.11 Å². The first kappa shape index (κ1) is 23.9. The van der Waals surface area contributed by atoms with Gasteiger partial charge in [-0.3, -0.25) is 0 Å². The Labute approximate surface area is 182 Å². The van der Waals surface area contributed by atoms with Crippen molar-refractivity contribution in [3.8, 4) is 5.75 Å². The highest BCUT2D eigenvalue weighted by Crippen LogP contribution is 2.34. The molecule has 1 aromatic heterocycles. The Kier molecular flexibility index (Phi) is 9.37. The van der Waals surface area contributed by atoms with Crippen LogP contribution in [0.3, 0.4) is 0 Å². The Bertz CT molecular complexity index is 794. The highest BCUT2D eigenvalue weighted by atomic mass is 127. The molecule has 0 amide bonds. The molecule has 0 fully saturated rings. The van der Waals surface area contributed by atoms with Crippen LogP contribution in [0.15, 0.2) is 42.7 Å². The van der Waals surface area contributed by atoms with Gasteiger partial charge >= 0.3 is 12.1 Å². The van der Waals surface area contributed by atoms with Gasteiger partial charge in [0.1, 0.15) is 11.3 Å². The lowest BCUT2D eigenvalue weighted by atomic mass is 9.94. The fraction of sp³-hybridized carbons (Fsp3) is 0.381. The Balaban J connectivity index is 0.00000392. The number of hydrogen-bond acceptors (Lipinski definition) is 5. The number of pyridine rings is 1. The Morgan fingerprint density at radius 1 is 1.00 bits per heavy atom. The van der Waals surface area contributed by atoms with Crippen LogP contribution in [0.25, 0.3) is 0 Å². The zero-order valence-electron chi connectivity index (χ0n) is 16.8. The number of hydrogen-bond donors (Lipinski definition) is 0. The third-order valence-electron chi connectivity index (χ3n) is 4.12. The van der Waals surface area contributed by atoms with E-state index >= 15 is 0 Å². The number of benzene rings is 1. The molecule has 0 atom stereocenters. The summed E-state index contributed by atoms with van der Waals surface area (Å²) in [5.41, 5.74) is 2.28. The zero-order chi connectivity index (χ0) is 20.0. The Morgan fingerprint density at radius 3 is 2.14 bits per heavy atom. The van der Waals surface area contributed by atoms with Crippen molar-refractivity contribution in [1.82, 2.24) is 0 Å². The van der Waals surface area contributed by atoms with Crippen LogP contribution < -0.4 is 33.3 Å². The number of rotatable bonds is 6. The van der Waals surface area contributed by atoms with Crippen molar-refractivity contribution in [1.29, 1.82) is 0 Å². The van der Waals surface area contributed by atoms with E-state index in [-0.39, 0.29) is 42.5 Å². The van der Waals surface area contributed by atoms with E-state index in [1.54, 1.807) is 29.1 Å². The molecule has 0 aliphatic heterocycles. The van der Waals surface area contributed by atoms with Crippen LogP contribution in [0.2, 0.25) is 0 Å². The van der Waals surface area contributed by atoms with Gasteiger partial charge < -0.3 is 38.2 Å². The molecule has 152 valence electrons. The van der Waals surface area contributed by atoms with E-state index in [4.69, 9.17) is 9.47 Å². The predicted molar refractivity (Wildman–Crippen MR) is 99.7 cm³/mol. The van der Waals surface area contributed by atoms with E-state index in [1.807, 2.05) is 45.9 Å². The standard InChI is InChI=1S/C21H26NO5.HI/c1-14(2)17-9-6-10-18(15(3)4)19(17)27-21(24)26-13-22-11-7-8-16(12-22)20(23)25-5;/h6-12,14-15H,13H2,1-5H3;1H/q+1;/p-1. The monoisotopic (exact) mass is 499 g/mol. The van der Waals surface area contributed by atoms with Gasteiger partial charge in [-0.2, -0.15) is 4.57 Å². The molecule has 0 bridgehead atoms. The smallest absolute Gasteiger partial charge is 0.518 e. The van der Waals surface area contributed by atoms with Crippen molar-refractivity contribution in [3.05, 3.63) is 59.4 Å². The second-order valence-electron chi connectivity index (χ2n) is 6.80. The number of esters is 1. The number of carbonyl (C=O) groups excluding carboxylic acids is 2. The minimum atomic E-state index is -0.791. The lowest BCUT2D eigenvalue weighted by Gasteiger charge is -2.18. The molecule has 0 aliphatic carbocycles. The largest absolute Gasteiger partial charge is 1.00 e. The summed E-state index contributed by atoms with van der Waals surface area (Å²) in [6.45, 7) is 8.11. The van der Waals surface area contributed by atoms with Gasteiger partial charge in [0, 0.05) is 6.07 Å². The summed E-state index contributed by atoms with van der Waals surface area (Å²) < 4.78 is 17.0. The van der Waals surface area contributed by atoms with Gasteiger partial charge in [0.25, 0.3) is 6.73 Å². The molecular weight excluding hydrogens is 473 g/mol. The highest BCUT2D eigenvalue weighted by molar-refractivity contribution is 5.88. The summed E-state index contributed by atoms with van der Waals surface area (Å²) in [6, 6.07) is 9.17. The topological polar surface area (TPSA) is 65.7 Å². The second kappa shape index (κ2) is 11.0. The third-order valence-corrected chi connectivity index (χ3v) is 4.12. The van der Waals surface area contributed by atoms with Crippen LogP contribution in [0.1, 0.15) is 61.0 Å². The fourth-order valence-corrected chi connectivity index (χ4v) is 2.68. The Hall–Kier alpha value is -2.16. The number of nitrogens with zero attached hydrogens (tertiary/aromatic N) is 1. The van der Waals surface area contributed by atoms with E-state index < -0.39 is 12.1 Å². The summed E-state index contributed by atoms with van der Waals surface area (Å²) >= 11 is 0. The molecule has 6 nitrogen and oxygen atoms in total. The number of halogens is 1. The average Bonchev–Trinajstić information content (AvgIpc) is 2.65. The van der Waals surface area contributed by atoms with Gasteiger partial charge in [-0.25, -0.2) is 9.59 Å². The van der Waals surface area contributed by atoms with E-state index in [9.17, 15) is 9.59 Å². The minimum absolute atomic E-state index is 0. The van der Waals surface area contributed by atoms with Crippen molar-refractivity contribution < 1.29 is 52.3 Å². The van der Waals surface area contributed by atoms with Gasteiger partial charge in [-0.1, -0.05) is 45.9 Å². The maximum absolute atomic E-state index is 12.3. The van der Waals surface area contributed by atoms with E-state index in [0.717, 1.165) is 11.1 Å². The highest BCUT2D eigenvalue weighted by Gasteiger charge is 2.20. The molecule has 0 unspecified atom stereocenters. The van der Waals surface area contributed by atoms with Gasteiger partial charge in [0.15, 0.2) is 12.4 Å². The van der Waals surface area contributed by atoms with Crippen LogP contribution in [0.5, 0.6) is 5.75 Å². The molecule has 0 N–H and O–H groups in total. The maximum Gasteiger partial charge on any atom is 0.518 e. The van der Waals surface area contributed by atoms with Gasteiger partial charge in [-0.05, 0) is 29.0 Å². The van der Waals surface area contributed by atoms with Crippen molar-refractivity contribution in [3.63, 3.8) is 0 Å². The molecule has 0 saturated carbocycles. The predicted octanol–water partition coefficient (Wildman–Crippen LogP) is 1.18. The molecule has 1 aromatic carbocycles. The summed E-state index contributed by atoms with van der Waals surface area (Å²) in [5.74, 6) is 0.510. The molecule has 7 heteroatoms. The van der Waals surface area contributed by atoms with Gasteiger partial charge in [0.2, 0.25) is 0 Å². The quantitative estimate of drug-likeness (QED) is 0.259. The number of ether oxygens (including phenoxy) is 3. The molecule has 2 rings (SSSR count). The Morgan fingerprint density at radius 2 is 1.61 bits per heavy atom. The van der Waals surface area contributed by atoms with Crippen LogP contribution in [-0.2, 0) is 16.2 Å². The molecule has 0 radical (unpaired) electrons. The minimum Gasteiger partial charge on any atom is -1.00 e. The number of methoxy groups -OCH3 is 1. The number of aromatic nitrogens is 1. The summed E-state index contributed by atoms with van der Waals surface area (Å²) in [4.78, 5) is 23.8. The number of carbonyl (C=O) groups is 2. The lowest BCUT2D eigenvalue weighted by molar-refractivity contribution is -0.727. The zero-order valence-corrected chi connectivity index (χ0v) is 18.9. The molecular formula is C21H26INO5. The third kappa shape index (κ3) is 6.19. The number of para-hydroxylation sites is 1. The molecule has 2 aromatic rings. The van der Waals surface area contributed by atoms with Gasteiger partial charge in [-0.15, -0.1) is 0 Å². The van der Waals surface area contributed by atoms with Crippen LogP contribution in [0.4, 0.5) is 4.79 Å². The van der Waals surface area contributed by atoms with Crippen LogP contribution in [0, 0.1) is 0 Å². The lowest BCUT2D eigenvalue weighted by Crippen LogP contribution is -3.00. The first-order valence-corrected chi connectivity index (χ1v) is 8.88. The molecule has 28 heavy (non-hydrogen) atoms. The summed E-state index contributed by atoms with van der Waals surface area (Å²) in [6.07, 6.45) is 2.43. The van der Waals surface area contributed by atoms with Crippen molar-refractivity contribution in [2.24, 2.45) is 0 Å². The van der Waals surface area contributed by atoms with Crippen molar-refractivity contribution >= 4 is 12.1 Å². The fourth-order valence-electron chi connectivity index (χ4n) is 2.68. The SMILES string of the molecule is COC(=O)c1ccc[n+](COC(=O)Oc2c(C(C)C)cccc2C(C)C)c1.[I-].